The summed E-state index contributed by atoms with van der Waals surface area (Å²) >= 11 is 6.48. The normalized spacial score (nSPS) is 17.6. The topological polar surface area (TPSA) is 115 Å². The van der Waals surface area contributed by atoms with Crippen LogP contribution in [0.2, 0.25) is 5.02 Å². The van der Waals surface area contributed by atoms with Crippen molar-refractivity contribution >= 4 is 51.6 Å². The molecule has 4 aromatic rings. The molecule has 5 rings (SSSR count). The van der Waals surface area contributed by atoms with E-state index in [9.17, 15) is 9.59 Å². The van der Waals surface area contributed by atoms with Crippen molar-refractivity contribution in [3.63, 3.8) is 0 Å². The molecule has 0 saturated carbocycles. The molecule has 10 heteroatoms. The molecule has 9 nitrogen and oxygen atoms in total. The van der Waals surface area contributed by atoms with Gasteiger partial charge in [0.2, 0.25) is 17.8 Å². The average molecular weight is 530 g/mol. The number of halogens is 1. The van der Waals surface area contributed by atoms with Crippen LogP contribution in [0.4, 0.5) is 17.3 Å². The molecule has 0 spiro atoms. The number of hydrogen-bond donors (Lipinski definition) is 4. The molecule has 1 fully saturated rings. The third kappa shape index (κ3) is 5.69. The number of nitrogens with one attached hydrogen (secondary N) is 4. The molecule has 1 aliphatic heterocycles. The zero-order valence-corrected chi connectivity index (χ0v) is 21.6. The predicted molar refractivity (Wildman–Crippen MR) is 151 cm³/mol. The van der Waals surface area contributed by atoms with Crippen molar-refractivity contribution in [1.29, 1.82) is 0 Å². The number of piperidine rings is 1. The fourth-order valence-corrected chi connectivity index (χ4v) is 4.96. The van der Waals surface area contributed by atoms with Crippen molar-refractivity contribution in [2.75, 3.05) is 36.1 Å². The van der Waals surface area contributed by atoms with Gasteiger partial charge in [0.1, 0.15) is 0 Å². The maximum absolute atomic E-state index is 13.1. The summed E-state index contributed by atoms with van der Waals surface area (Å²) in [5.74, 6) is -0.121. The predicted octanol–water partition coefficient (Wildman–Crippen LogP) is 4.77. The van der Waals surface area contributed by atoms with E-state index in [1.807, 2.05) is 37.5 Å². The highest BCUT2D eigenvalue weighted by molar-refractivity contribution is 6.33. The molecule has 1 aliphatic rings. The molecule has 1 saturated heterocycles. The standard InChI is InChI=1S/C28H28ClN7O2/c1-3-25(37)32-18-8-10-19(11-9-18)33-27(38)17-12-20(16-36(2)15-17)34-28-31-14-23(29)26(35-28)22-13-30-24-7-5-4-6-21(22)24/h3-11,13-14,17,20,30H,1,12,15-16H2,2H3,(H,32,37)(H,33,38)(H,31,34,35)/t17-,20+/m0/s1. The van der Waals surface area contributed by atoms with Crippen molar-refractivity contribution < 1.29 is 9.59 Å². The first-order valence-electron chi connectivity index (χ1n) is 12.3. The number of amides is 2. The first kappa shape index (κ1) is 25.4. The minimum Gasteiger partial charge on any atom is -0.360 e. The van der Waals surface area contributed by atoms with Gasteiger partial charge in [0.15, 0.2) is 0 Å². The summed E-state index contributed by atoms with van der Waals surface area (Å²) in [4.78, 5) is 39.1. The second-order valence-corrected chi connectivity index (χ2v) is 9.80. The van der Waals surface area contributed by atoms with Crippen LogP contribution in [0.1, 0.15) is 6.42 Å². The van der Waals surface area contributed by atoms with Crippen molar-refractivity contribution in [2.45, 2.75) is 12.5 Å². The summed E-state index contributed by atoms with van der Waals surface area (Å²) in [7, 11) is 1.99. The van der Waals surface area contributed by atoms with Gasteiger partial charge in [-0.3, -0.25) is 9.59 Å². The van der Waals surface area contributed by atoms with E-state index in [0.29, 0.717) is 41.0 Å². The number of rotatable bonds is 7. The zero-order valence-electron chi connectivity index (χ0n) is 20.9. The van der Waals surface area contributed by atoms with E-state index in [0.717, 1.165) is 23.0 Å². The summed E-state index contributed by atoms with van der Waals surface area (Å²) in [6.45, 7) is 4.83. The molecule has 2 aromatic heterocycles. The monoisotopic (exact) mass is 529 g/mol. The van der Waals surface area contributed by atoms with E-state index in [4.69, 9.17) is 16.6 Å². The molecule has 0 aliphatic carbocycles. The van der Waals surface area contributed by atoms with Gasteiger partial charge in [-0.15, -0.1) is 0 Å². The van der Waals surface area contributed by atoms with Gasteiger partial charge in [0, 0.05) is 53.2 Å². The molecular weight excluding hydrogens is 502 g/mol. The van der Waals surface area contributed by atoms with Crippen molar-refractivity contribution in [1.82, 2.24) is 19.9 Å². The Balaban J connectivity index is 1.26. The number of para-hydroxylation sites is 1. The maximum atomic E-state index is 13.1. The Kier molecular flexibility index (Phi) is 7.39. The summed E-state index contributed by atoms with van der Waals surface area (Å²) in [5.41, 5.74) is 3.85. The second-order valence-electron chi connectivity index (χ2n) is 9.39. The SMILES string of the molecule is C=CC(=O)Nc1ccc(NC(=O)[C@H]2C[C@@H](Nc3ncc(Cl)c(-c4c[nH]c5ccccc45)n3)CN(C)C2)cc1. The highest BCUT2D eigenvalue weighted by Crippen LogP contribution is 2.32. The number of hydrogen-bond acceptors (Lipinski definition) is 6. The Morgan fingerprint density at radius 1 is 1.11 bits per heavy atom. The van der Waals surface area contributed by atoms with Crippen LogP contribution >= 0.6 is 11.6 Å². The van der Waals surface area contributed by atoms with Crippen LogP contribution in [0.25, 0.3) is 22.2 Å². The number of aromatic nitrogens is 3. The molecular formula is C28H28ClN7O2. The van der Waals surface area contributed by atoms with Gasteiger partial charge in [-0.2, -0.15) is 0 Å². The number of aromatic amines is 1. The van der Waals surface area contributed by atoms with Gasteiger partial charge in [0.25, 0.3) is 0 Å². The zero-order chi connectivity index (χ0) is 26.6. The largest absolute Gasteiger partial charge is 0.360 e. The van der Waals surface area contributed by atoms with E-state index in [1.54, 1.807) is 30.5 Å². The van der Waals surface area contributed by atoms with E-state index < -0.39 is 0 Å². The van der Waals surface area contributed by atoms with Crippen LogP contribution in [-0.2, 0) is 9.59 Å². The molecule has 3 heterocycles. The number of likely N-dealkylation sites (N-methyl/N-ethyl adjacent to an activating group) is 1. The van der Waals surface area contributed by atoms with Crippen LogP contribution in [-0.4, -0.2) is 57.8 Å². The van der Waals surface area contributed by atoms with Crippen LogP contribution in [0.15, 0.2) is 73.6 Å². The van der Waals surface area contributed by atoms with Crippen LogP contribution in [0.5, 0.6) is 0 Å². The molecule has 38 heavy (non-hydrogen) atoms. The van der Waals surface area contributed by atoms with Crippen molar-refractivity contribution in [3.8, 4) is 11.3 Å². The number of carbonyl (C=O) groups is 2. The van der Waals surface area contributed by atoms with Gasteiger partial charge in [0.05, 0.1) is 22.8 Å². The molecule has 2 amide bonds. The number of H-pyrrole nitrogens is 1. The van der Waals surface area contributed by atoms with Crippen molar-refractivity contribution in [3.05, 3.63) is 78.6 Å². The molecule has 2 atom stereocenters. The van der Waals surface area contributed by atoms with Crippen LogP contribution < -0.4 is 16.0 Å². The molecule has 194 valence electrons. The minimum atomic E-state index is -0.288. The number of benzene rings is 2. The molecule has 0 radical (unpaired) electrons. The average Bonchev–Trinajstić information content (AvgIpc) is 3.34. The van der Waals surface area contributed by atoms with Gasteiger partial charge >= 0.3 is 0 Å². The Morgan fingerprint density at radius 3 is 2.61 bits per heavy atom. The van der Waals surface area contributed by atoms with Gasteiger partial charge < -0.3 is 25.8 Å². The summed E-state index contributed by atoms with van der Waals surface area (Å²) in [5, 5.41) is 10.6. The number of fused-ring (bicyclic) bond motifs is 1. The number of carbonyl (C=O) groups excluding carboxylic acids is 2. The second kappa shape index (κ2) is 11.0. The van der Waals surface area contributed by atoms with Gasteiger partial charge in [-0.05, 0) is 49.9 Å². The van der Waals surface area contributed by atoms with E-state index >= 15 is 0 Å². The highest BCUT2D eigenvalue weighted by Gasteiger charge is 2.30. The molecule has 0 bridgehead atoms. The molecule has 4 N–H and O–H groups in total. The van der Waals surface area contributed by atoms with Gasteiger partial charge in [-0.1, -0.05) is 36.4 Å². The molecule has 0 unspecified atom stereocenters. The third-order valence-corrected chi connectivity index (χ3v) is 6.81. The molecule has 2 aromatic carbocycles. The summed E-state index contributed by atoms with van der Waals surface area (Å²) < 4.78 is 0. The van der Waals surface area contributed by atoms with Crippen LogP contribution in [0.3, 0.4) is 0 Å². The number of anilines is 3. The lowest BCUT2D eigenvalue weighted by Gasteiger charge is -2.35. The Bertz CT molecular complexity index is 1480. The minimum absolute atomic E-state index is 0.0296. The number of nitrogens with zero attached hydrogens (tertiary/aromatic N) is 3. The lowest BCUT2D eigenvalue weighted by atomic mass is 9.93. The number of likely N-dealkylation sites (tertiary alicyclic amines) is 1. The van der Waals surface area contributed by atoms with E-state index in [1.165, 1.54) is 6.08 Å². The third-order valence-electron chi connectivity index (χ3n) is 6.53. The first-order valence-corrected chi connectivity index (χ1v) is 12.7. The lowest BCUT2D eigenvalue weighted by molar-refractivity contribution is -0.121. The fourth-order valence-electron chi connectivity index (χ4n) is 4.76. The summed E-state index contributed by atoms with van der Waals surface area (Å²) in [6, 6.07) is 14.9. The Labute approximate surface area is 225 Å². The van der Waals surface area contributed by atoms with E-state index in [-0.39, 0.29) is 23.8 Å². The summed E-state index contributed by atoms with van der Waals surface area (Å²) in [6.07, 6.45) is 5.33. The lowest BCUT2D eigenvalue weighted by Crippen LogP contribution is -2.48. The Hall–Kier alpha value is -4.21. The fraction of sp³-hybridized carbons (Fsp3) is 0.214. The maximum Gasteiger partial charge on any atom is 0.247 e. The smallest absolute Gasteiger partial charge is 0.247 e. The van der Waals surface area contributed by atoms with Crippen molar-refractivity contribution in [2.24, 2.45) is 5.92 Å². The Morgan fingerprint density at radius 2 is 1.84 bits per heavy atom. The van der Waals surface area contributed by atoms with Gasteiger partial charge in [-0.25, -0.2) is 9.97 Å². The van der Waals surface area contributed by atoms with Crippen LogP contribution in [0, 0.1) is 5.92 Å². The first-order chi connectivity index (χ1) is 18.4. The van der Waals surface area contributed by atoms with E-state index in [2.05, 4.69) is 37.4 Å². The quantitative estimate of drug-likeness (QED) is 0.256. The highest BCUT2D eigenvalue weighted by atomic mass is 35.5.